The molecule has 0 aliphatic carbocycles. The molecule has 0 amide bonds. The van der Waals surface area contributed by atoms with Crippen LogP contribution in [0.5, 0.6) is 0 Å². The number of carboxylic acid groups (broad SMARTS) is 1. The van der Waals surface area contributed by atoms with Crippen molar-refractivity contribution in [3.8, 4) is 0 Å². The highest BCUT2D eigenvalue weighted by Gasteiger charge is 2.26. The van der Waals surface area contributed by atoms with E-state index in [-0.39, 0.29) is 11.6 Å². The number of hydrogen-bond donors (Lipinski definition) is 1. The van der Waals surface area contributed by atoms with Crippen molar-refractivity contribution in [2.45, 2.75) is 19.8 Å². The Kier molecular flexibility index (Phi) is 3.64. The highest BCUT2D eigenvalue weighted by Crippen LogP contribution is 2.26. The fourth-order valence-electron chi connectivity index (χ4n) is 2.32. The summed E-state index contributed by atoms with van der Waals surface area (Å²) in [4.78, 5) is 27.2. The minimum Gasteiger partial charge on any atom is -0.481 e. The summed E-state index contributed by atoms with van der Waals surface area (Å²) in [5.74, 6) is -0.350. The SMILES string of the molecule is Cc1cc([N+](=O)[O-])cnc1N1CCC(C(=O)O)CC1. The second-order valence-electron chi connectivity index (χ2n) is 4.69. The van der Waals surface area contributed by atoms with Crippen LogP contribution in [0.2, 0.25) is 0 Å². The lowest BCUT2D eigenvalue weighted by Gasteiger charge is -2.31. The average Bonchev–Trinajstić information content (AvgIpc) is 2.38. The molecule has 7 nitrogen and oxygen atoms in total. The molecule has 1 aromatic rings. The van der Waals surface area contributed by atoms with Crippen LogP contribution in [0.25, 0.3) is 0 Å². The Morgan fingerprint density at radius 1 is 1.53 bits per heavy atom. The Bertz CT molecular complexity index is 510. The van der Waals surface area contributed by atoms with Gasteiger partial charge in [-0.2, -0.15) is 0 Å². The summed E-state index contributed by atoms with van der Waals surface area (Å²) < 4.78 is 0. The number of piperidine rings is 1. The van der Waals surface area contributed by atoms with Crippen molar-refractivity contribution in [2.24, 2.45) is 5.92 Å². The molecule has 7 heteroatoms. The topological polar surface area (TPSA) is 96.6 Å². The third kappa shape index (κ3) is 2.81. The summed E-state index contributed by atoms with van der Waals surface area (Å²) in [5, 5.41) is 19.6. The second-order valence-corrected chi connectivity index (χ2v) is 4.69. The first-order valence-electron chi connectivity index (χ1n) is 6.08. The van der Waals surface area contributed by atoms with Gasteiger partial charge in [0.2, 0.25) is 0 Å². The predicted molar refractivity (Wildman–Crippen MR) is 68.2 cm³/mol. The van der Waals surface area contributed by atoms with E-state index in [4.69, 9.17) is 5.11 Å². The van der Waals surface area contributed by atoms with Crippen LogP contribution in [-0.2, 0) is 4.79 Å². The summed E-state index contributed by atoms with van der Waals surface area (Å²) in [6, 6.07) is 1.49. The number of rotatable bonds is 3. The number of aliphatic carboxylic acids is 1. The number of pyridine rings is 1. The Labute approximate surface area is 110 Å². The van der Waals surface area contributed by atoms with Crippen molar-refractivity contribution in [2.75, 3.05) is 18.0 Å². The number of aryl methyl sites for hydroxylation is 1. The van der Waals surface area contributed by atoms with Crippen molar-refractivity contribution < 1.29 is 14.8 Å². The van der Waals surface area contributed by atoms with E-state index < -0.39 is 10.9 Å². The molecular formula is C12H15N3O4. The van der Waals surface area contributed by atoms with Crippen LogP contribution in [-0.4, -0.2) is 34.1 Å². The molecule has 0 unspecified atom stereocenters. The molecule has 0 atom stereocenters. The lowest BCUT2D eigenvalue weighted by Crippen LogP contribution is -2.37. The van der Waals surface area contributed by atoms with E-state index in [0.29, 0.717) is 31.7 Å². The van der Waals surface area contributed by atoms with E-state index >= 15 is 0 Å². The highest BCUT2D eigenvalue weighted by atomic mass is 16.6. The molecule has 2 rings (SSSR count). The van der Waals surface area contributed by atoms with Gasteiger partial charge < -0.3 is 10.0 Å². The van der Waals surface area contributed by atoms with Gasteiger partial charge in [-0.3, -0.25) is 14.9 Å². The fourth-order valence-corrected chi connectivity index (χ4v) is 2.32. The first kappa shape index (κ1) is 13.3. The van der Waals surface area contributed by atoms with Crippen LogP contribution < -0.4 is 4.90 Å². The molecule has 1 fully saturated rings. The van der Waals surface area contributed by atoms with E-state index in [2.05, 4.69) is 4.98 Å². The van der Waals surface area contributed by atoms with Gasteiger partial charge in [-0.15, -0.1) is 0 Å². The van der Waals surface area contributed by atoms with Crippen LogP contribution >= 0.6 is 0 Å². The molecule has 0 radical (unpaired) electrons. The molecule has 0 aromatic carbocycles. The van der Waals surface area contributed by atoms with Crippen LogP contribution in [0.15, 0.2) is 12.3 Å². The largest absolute Gasteiger partial charge is 0.481 e. The van der Waals surface area contributed by atoms with E-state index in [1.54, 1.807) is 6.92 Å². The smallest absolute Gasteiger partial charge is 0.306 e. The van der Waals surface area contributed by atoms with Crippen LogP contribution in [0.1, 0.15) is 18.4 Å². The molecule has 0 spiro atoms. The van der Waals surface area contributed by atoms with Gasteiger partial charge in [0.15, 0.2) is 0 Å². The molecular weight excluding hydrogens is 250 g/mol. The van der Waals surface area contributed by atoms with Crippen molar-refractivity contribution in [1.29, 1.82) is 0 Å². The Hall–Kier alpha value is -2.18. The lowest BCUT2D eigenvalue weighted by atomic mass is 9.97. The van der Waals surface area contributed by atoms with Crippen molar-refractivity contribution in [3.63, 3.8) is 0 Å². The van der Waals surface area contributed by atoms with E-state index in [9.17, 15) is 14.9 Å². The van der Waals surface area contributed by atoms with Gasteiger partial charge >= 0.3 is 5.97 Å². The first-order chi connectivity index (χ1) is 8.99. The van der Waals surface area contributed by atoms with Gasteiger partial charge in [-0.25, -0.2) is 4.98 Å². The standard InChI is InChI=1S/C12H15N3O4/c1-8-6-10(15(18)19)7-13-11(8)14-4-2-9(3-5-14)12(16)17/h6-7,9H,2-5H2,1H3,(H,16,17). The van der Waals surface area contributed by atoms with E-state index in [1.807, 2.05) is 4.90 Å². The highest BCUT2D eigenvalue weighted by molar-refractivity contribution is 5.70. The fraction of sp³-hybridized carbons (Fsp3) is 0.500. The van der Waals surface area contributed by atoms with Gasteiger partial charge in [-0.05, 0) is 25.3 Å². The van der Waals surface area contributed by atoms with Gasteiger partial charge in [0, 0.05) is 19.2 Å². The summed E-state index contributed by atoms with van der Waals surface area (Å²) in [6.45, 7) is 3.00. The first-order valence-corrected chi connectivity index (χ1v) is 6.08. The number of anilines is 1. The van der Waals surface area contributed by atoms with Crippen LogP contribution in [0.3, 0.4) is 0 Å². The monoisotopic (exact) mass is 265 g/mol. The molecule has 1 saturated heterocycles. The number of nitro groups is 1. The molecule has 1 aromatic heterocycles. The molecule has 1 aliphatic heterocycles. The van der Waals surface area contributed by atoms with Crippen LogP contribution in [0, 0.1) is 23.0 Å². The summed E-state index contributed by atoms with van der Waals surface area (Å²) in [7, 11) is 0. The minimum atomic E-state index is -0.756. The third-order valence-electron chi connectivity index (χ3n) is 3.39. The molecule has 19 heavy (non-hydrogen) atoms. The van der Waals surface area contributed by atoms with Gasteiger partial charge in [0.05, 0.1) is 10.8 Å². The van der Waals surface area contributed by atoms with E-state index in [0.717, 1.165) is 5.56 Å². The third-order valence-corrected chi connectivity index (χ3v) is 3.39. The van der Waals surface area contributed by atoms with E-state index in [1.165, 1.54) is 12.3 Å². The maximum absolute atomic E-state index is 10.9. The quantitative estimate of drug-likeness (QED) is 0.658. The molecule has 1 aliphatic rings. The predicted octanol–water partition coefficient (Wildman–Crippen LogP) is 1.60. The molecule has 102 valence electrons. The van der Waals surface area contributed by atoms with Gasteiger partial charge in [-0.1, -0.05) is 0 Å². The zero-order chi connectivity index (χ0) is 14.0. The Balaban J connectivity index is 2.11. The number of hydrogen-bond acceptors (Lipinski definition) is 5. The Morgan fingerprint density at radius 3 is 2.63 bits per heavy atom. The normalized spacial score (nSPS) is 16.4. The second kappa shape index (κ2) is 5.21. The molecule has 0 saturated carbocycles. The number of carbonyl (C=O) groups is 1. The van der Waals surface area contributed by atoms with Crippen molar-refractivity contribution in [3.05, 3.63) is 27.9 Å². The van der Waals surface area contributed by atoms with Gasteiger partial charge in [0.1, 0.15) is 12.0 Å². The number of nitrogens with zero attached hydrogens (tertiary/aromatic N) is 3. The van der Waals surface area contributed by atoms with Crippen molar-refractivity contribution in [1.82, 2.24) is 4.98 Å². The Morgan fingerprint density at radius 2 is 2.16 bits per heavy atom. The van der Waals surface area contributed by atoms with Gasteiger partial charge in [0.25, 0.3) is 5.69 Å². The zero-order valence-electron chi connectivity index (χ0n) is 10.6. The maximum Gasteiger partial charge on any atom is 0.306 e. The average molecular weight is 265 g/mol. The maximum atomic E-state index is 10.9. The summed E-state index contributed by atoms with van der Waals surface area (Å²) >= 11 is 0. The number of carboxylic acids is 1. The molecule has 1 N–H and O–H groups in total. The lowest BCUT2D eigenvalue weighted by molar-refractivity contribution is -0.385. The number of aromatic nitrogens is 1. The zero-order valence-corrected chi connectivity index (χ0v) is 10.6. The minimum absolute atomic E-state index is 0.0262. The molecule has 2 heterocycles. The molecule has 0 bridgehead atoms. The van der Waals surface area contributed by atoms with Crippen molar-refractivity contribution >= 4 is 17.5 Å². The van der Waals surface area contributed by atoms with Crippen LogP contribution in [0.4, 0.5) is 11.5 Å². The summed E-state index contributed by atoms with van der Waals surface area (Å²) in [6.07, 6.45) is 2.40. The summed E-state index contributed by atoms with van der Waals surface area (Å²) in [5.41, 5.74) is 0.713.